The second-order valence-corrected chi connectivity index (χ2v) is 3.90. The van der Waals surface area contributed by atoms with Gasteiger partial charge in [-0.25, -0.2) is 0 Å². The summed E-state index contributed by atoms with van der Waals surface area (Å²) < 4.78 is 0.987. The molecule has 0 atom stereocenters. The minimum absolute atomic E-state index is 0.574. The average Bonchev–Trinajstić information content (AvgIpc) is 2.30. The van der Waals surface area contributed by atoms with Crippen LogP contribution in [0.5, 0.6) is 0 Å². The normalized spacial score (nSPS) is 9.60. The number of benzene rings is 2. The Morgan fingerprint density at radius 3 is 2.53 bits per heavy atom. The minimum atomic E-state index is 0.574. The number of halogens is 1. The largest absolute Gasteiger partial charge is 0.192 e. The van der Waals surface area contributed by atoms with Crippen LogP contribution in [0, 0.1) is 17.4 Å². The summed E-state index contributed by atoms with van der Waals surface area (Å²) in [5, 5.41) is 8.97. The fraction of sp³-hybridized carbons (Fsp3) is 0. The fourth-order valence-electron chi connectivity index (χ4n) is 1.43. The molecule has 0 bridgehead atoms. The summed E-state index contributed by atoms with van der Waals surface area (Å²) in [7, 11) is 0. The molecule has 0 amide bonds. The molecule has 0 aromatic heterocycles. The summed E-state index contributed by atoms with van der Waals surface area (Å²) in [4.78, 5) is 0. The number of hydrogen-bond acceptors (Lipinski definition) is 1. The van der Waals surface area contributed by atoms with Crippen molar-refractivity contribution in [1.82, 2.24) is 0 Å². The van der Waals surface area contributed by atoms with E-state index in [4.69, 9.17) is 5.26 Å². The summed E-state index contributed by atoms with van der Waals surface area (Å²) in [6.45, 7) is 0. The van der Waals surface area contributed by atoms with E-state index in [2.05, 4.69) is 28.1 Å². The number of nitriles is 1. The van der Waals surface area contributed by atoms with Crippen molar-refractivity contribution in [2.24, 2.45) is 0 Å². The maximum absolute atomic E-state index is 8.97. The predicted molar refractivity (Wildman–Crippen MR) is 63.1 cm³/mol. The highest BCUT2D eigenvalue weighted by Gasteiger charge is 2.06. The molecule has 2 aromatic carbocycles. The van der Waals surface area contributed by atoms with E-state index in [0.717, 1.165) is 15.6 Å². The van der Waals surface area contributed by atoms with Gasteiger partial charge in [0.05, 0.1) is 5.56 Å². The molecule has 0 heterocycles. The molecule has 1 nitrogen and oxygen atoms in total. The van der Waals surface area contributed by atoms with Crippen molar-refractivity contribution in [3.05, 3.63) is 58.6 Å². The van der Waals surface area contributed by atoms with Gasteiger partial charge in [0.25, 0.3) is 0 Å². The van der Waals surface area contributed by atoms with Crippen LogP contribution in [-0.4, -0.2) is 0 Å². The van der Waals surface area contributed by atoms with Gasteiger partial charge in [0.1, 0.15) is 6.07 Å². The molecule has 0 N–H and O–H groups in total. The Balaban J connectivity index is 2.65. The molecule has 0 saturated carbocycles. The molecule has 2 heteroatoms. The van der Waals surface area contributed by atoms with Crippen molar-refractivity contribution in [1.29, 1.82) is 5.26 Å². The van der Waals surface area contributed by atoms with E-state index in [-0.39, 0.29) is 0 Å². The van der Waals surface area contributed by atoms with E-state index in [1.54, 1.807) is 6.07 Å². The molecular formula is C13H7BrN. The SMILES string of the molecule is N#Cc1[c]cccc1-c1ccccc1Br. The first-order valence-electron chi connectivity index (χ1n) is 4.48. The lowest BCUT2D eigenvalue weighted by Gasteiger charge is -2.05. The van der Waals surface area contributed by atoms with E-state index in [0.29, 0.717) is 5.56 Å². The first kappa shape index (κ1) is 9.95. The van der Waals surface area contributed by atoms with Gasteiger partial charge < -0.3 is 0 Å². The van der Waals surface area contributed by atoms with Gasteiger partial charge in [-0.1, -0.05) is 52.3 Å². The predicted octanol–water partition coefficient (Wildman–Crippen LogP) is 3.79. The Labute approximate surface area is 97.1 Å². The second kappa shape index (κ2) is 4.29. The number of nitrogens with zero attached hydrogens (tertiary/aromatic N) is 1. The van der Waals surface area contributed by atoms with Gasteiger partial charge in [0, 0.05) is 16.1 Å². The summed E-state index contributed by atoms with van der Waals surface area (Å²) in [6, 6.07) is 18.5. The summed E-state index contributed by atoms with van der Waals surface area (Å²) in [5.74, 6) is 0. The molecule has 15 heavy (non-hydrogen) atoms. The molecule has 0 unspecified atom stereocenters. The monoisotopic (exact) mass is 256 g/mol. The van der Waals surface area contributed by atoms with E-state index >= 15 is 0 Å². The van der Waals surface area contributed by atoms with Gasteiger partial charge >= 0.3 is 0 Å². The molecule has 71 valence electrons. The van der Waals surface area contributed by atoms with Crippen molar-refractivity contribution in [3.8, 4) is 17.2 Å². The van der Waals surface area contributed by atoms with Crippen molar-refractivity contribution in [2.75, 3.05) is 0 Å². The van der Waals surface area contributed by atoms with Gasteiger partial charge in [-0.05, 0) is 11.6 Å². The third-order valence-electron chi connectivity index (χ3n) is 2.13. The highest BCUT2D eigenvalue weighted by Crippen LogP contribution is 2.29. The van der Waals surface area contributed by atoms with Gasteiger partial charge in [0.15, 0.2) is 0 Å². The van der Waals surface area contributed by atoms with Gasteiger partial charge in [-0.3, -0.25) is 0 Å². The zero-order valence-corrected chi connectivity index (χ0v) is 9.45. The molecule has 0 saturated heterocycles. The Morgan fingerprint density at radius 2 is 1.80 bits per heavy atom. The van der Waals surface area contributed by atoms with Crippen molar-refractivity contribution < 1.29 is 0 Å². The lowest BCUT2D eigenvalue weighted by molar-refractivity contribution is 1.47. The Kier molecular flexibility index (Phi) is 2.84. The van der Waals surface area contributed by atoms with Crippen LogP contribution in [0.15, 0.2) is 46.9 Å². The highest BCUT2D eigenvalue weighted by molar-refractivity contribution is 9.10. The molecule has 0 spiro atoms. The van der Waals surface area contributed by atoms with Crippen molar-refractivity contribution >= 4 is 15.9 Å². The first-order valence-corrected chi connectivity index (χ1v) is 5.28. The average molecular weight is 257 g/mol. The first-order chi connectivity index (χ1) is 7.33. The number of rotatable bonds is 1. The van der Waals surface area contributed by atoms with E-state index in [1.807, 2.05) is 36.4 Å². The highest BCUT2D eigenvalue weighted by atomic mass is 79.9. The number of hydrogen-bond donors (Lipinski definition) is 0. The second-order valence-electron chi connectivity index (χ2n) is 3.05. The molecule has 0 fully saturated rings. The molecule has 2 aromatic rings. The van der Waals surface area contributed by atoms with Crippen molar-refractivity contribution in [2.45, 2.75) is 0 Å². The molecule has 1 radical (unpaired) electrons. The maximum atomic E-state index is 8.97. The lowest BCUT2D eigenvalue weighted by Crippen LogP contribution is -1.84. The minimum Gasteiger partial charge on any atom is -0.192 e. The molecule has 0 aliphatic carbocycles. The summed E-state index contributed by atoms with van der Waals surface area (Å²) >= 11 is 3.47. The Bertz CT molecular complexity index is 526. The van der Waals surface area contributed by atoms with Gasteiger partial charge in [0.2, 0.25) is 0 Å². The van der Waals surface area contributed by atoms with Crippen LogP contribution in [0.1, 0.15) is 5.56 Å². The maximum Gasteiger partial charge on any atom is 0.100 e. The van der Waals surface area contributed by atoms with Crippen LogP contribution in [0.2, 0.25) is 0 Å². The fourth-order valence-corrected chi connectivity index (χ4v) is 1.93. The summed E-state index contributed by atoms with van der Waals surface area (Å²) in [6.07, 6.45) is 0. The third-order valence-corrected chi connectivity index (χ3v) is 2.82. The smallest absolute Gasteiger partial charge is 0.100 e. The van der Waals surface area contributed by atoms with Crippen LogP contribution in [-0.2, 0) is 0 Å². The van der Waals surface area contributed by atoms with E-state index in [9.17, 15) is 0 Å². The zero-order valence-electron chi connectivity index (χ0n) is 7.87. The molecule has 0 aliphatic heterocycles. The lowest BCUT2D eigenvalue weighted by atomic mass is 10.0. The zero-order chi connectivity index (χ0) is 10.7. The standard InChI is InChI=1S/C13H7BrN/c14-13-8-4-3-7-12(13)11-6-2-1-5-10(11)9-15/h1-4,6-8H. The molecule has 2 rings (SSSR count). The van der Waals surface area contributed by atoms with E-state index in [1.165, 1.54) is 0 Å². The third kappa shape index (κ3) is 1.93. The molecular weight excluding hydrogens is 250 g/mol. The van der Waals surface area contributed by atoms with Crippen LogP contribution in [0.25, 0.3) is 11.1 Å². The van der Waals surface area contributed by atoms with Crippen molar-refractivity contribution in [3.63, 3.8) is 0 Å². The molecule has 0 aliphatic rings. The van der Waals surface area contributed by atoms with Crippen LogP contribution < -0.4 is 0 Å². The quantitative estimate of drug-likeness (QED) is 0.762. The topological polar surface area (TPSA) is 23.8 Å². The Hall–Kier alpha value is -1.59. The van der Waals surface area contributed by atoms with Crippen LogP contribution >= 0.6 is 15.9 Å². The van der Waals surface area contributed by atoms with E-state index < -0.39 is 0 Å². The van der Waals surface area contributed by atoms with Crippen LogP contribution in [0.4, 0.5) is 0 Å². The summed E-state index contributed by atoms with van der Waals surface area (Å²) in [5.41, 5.74) is 2.50. The van der Waals surface area contributed by atoms with Gasteiger partial charge in [-0.2, -0.15) is 5.26 Å². The van der Waals surface area contributed by atoms with Crippen LogP contribution in [0.3, 0.4) is 0 Å². The van der Waals surface area contributed by atoms with Gasteiger partial charge in [-0.15, -0.1) is 0 Å². The Morgan fingerprint density at radius 1 is 1.07 bits per heavy atom.